The van der Waals surface area contributed by atoms with Crippen molar-refractivity contribution in [2.45, 2.75) is 70.6 Å². The molecule has 8 N–H and O–H groups in total. The van der Waals surface area contributed by atoms with Crippen molar-refractivity contribution in [1.82, 2.24) is 10.2 Å². The number of alkyl carbamates (subject to hydrolysis) is 1. The van der Waals surface area contributed by atoms with E-state index in [1.54, 1.807) is 0 Å². The minimum Gasteiger partial charge on any atom is -0.444 e. The molecule has 26 heavy (non-hydrogen) atoms. The third-order valence-corrected chi connectivity index (χ3v) is 3.83. The molecule has 0 heterocycles. The number of carbonyl (C=O) groups excluding carboxylic acids is 1. The lowest BCUT2D eigenvalue weighted by Crippen LogP contribution is -2.45. The van der Waals surface area contributed by atoms with Gasteiger partial charge in [0.05, 0.1) is 0 Å². The predicted molar refractivity (Wildman–Crippen MR) is 106 cm³/mol. The predicted octanol–water partition coefficient (Wildman–Crippen LogP) is 0.369. The Morgan fingerprint density at radius 3 is 2.19 bits per heavy atom. The molecule has 0 rings (SSSR count). The standard InChI is InChI=1S/C18H41N5O3/c1-18(2,3)26-17(25)22-10-5-4-7-15(20)13-23(11-9-19)14-16(21)8-6-12-24/h15-16,24H,4-14,19-21H2,1-3H3,(H,22,25)/t15-,16-/m0/s1. The number of aliphatic hydroxyl groups is 1. The smallest absolute Gasteiger partial charge is 0.407 e. The molecule has 0 aliphatic rings. The summed E-state index contributed by atoms with van der Waals surface area (Å²) < 4.78 is 5.19. The van der Waals surface area contributed by atoms with Crippen molar-refractivity contribution in [1.29, 1.82) is 0 Å². The highest BCUT2D eigenvalue weighted by Gasteiger charge is 2.16. The monoisotopic (exact) mass is 375 g/mol. The Labute approximate surface area is 158 Å². The highest BCUT2D eigenvalue weighted by Crippen LogP contribution is 2.07. The summed E-state index contributed by atoms with van der Waals surface area (Å²) in [6, 6.07) is 0.0760. The summed E-state index contributed by atoms with van der Waals surface area (Å²) in [6.45, 7) is 9.10. The quantitative estimate of drug-likeness (QED) is 0.276. The highest BCUT2D eigenvalue weighted by atomic mass is 16.6. The Kier molecular flexibility index (Phi) is 13.7. The van der Waals surface area contributed by atoms with Crippen molar-refractivity contribution in [3.05, 3.63) is 0 Å². The van der Waals surface area contributed by atoms with E-state index in [0.29, 0.717) is 19.5 Å². The van der Waals surface area contributed by atoms with Gasteiger partial charge in [0.2, 0.25) is 0 Å². The highest BCUT2D eigenvalue weighted by molar-refractivity contribution is 5.67. The lowest BCUT2D eigenvalue weighted by atomic mass is 10.1. The lowest BCUT2D eigenvalue weighted by Gasteiger charge is -2.28. The van der Waals surface area contributed by atoms with Crippen molar-refractivity contribution in [2.24, 2.45) is 17.2 Å². The van der Waals surface area contributed by atoms with E-state index in [1.807, 2.05) is 20.8 Å². The van der Waals surface area contributed by atoms with Gasteiger partial charge in [-0.05, 0) is 46.5 Å². The van der Waals surface area contributed by atoms with Gasteiger partial charge in [0.15, 0.2) is 0 Å². The zero-order valence-corrected chi connectivity index (χ0v) is 16.9. The fraction of sp³-hybridized carbons (Fsp3) is 0.944. The van der Waals surface area contributed by atoms with Gasteiger partial charge in [-0.2, -0.15) is 0 Å². The molecular formula is C18H41N5O3. The number of unbranched alkanes of at least 4 members (excludes halogenated alkanes) is 1. The zero-order valence-electron chi connectivity index (χ0n) is 16.9. The Morgan fingerprint density at radius 2 is 1.69 bits per heavy atom. The van der Waals surface area contributed by atoms with Crippen molar-refractivity contribution >= 4 is 6.09 Å². The van der Waals surface area contributed by atoms with Gasteiger partial charge in [0.25, 0.3) is 0 Å². The molecule has 8 nitrogen and oxygen atoms in total. The van der Waals surface area contributed by atoms with Gasteiger partial charge in [-0.15, -0.1) is 0 Å². The first-order valence-corrected chi connectivity index (χ1v) is 9.69. The number of carbonyl (C=O) groups is 1. The van der Waals surface area contributed by atoms with Gasteiger partial charge in [-0.25, -0.2) is 4.79 Å². The van der Waals surface area contributed by atoms with E-state index >= 15 is 0 Å². The molecule has 0 radical (unpaired) electrons. The average molecular weight is 376 g/mol. The molecule has 2 atom stereocenters. The Bertz CT molecular complexity index is 363. The first-order chi connectivity index (χ1) is 12.2. The molecule has 0 saturated heterocycles. The Balaban J connectivity index is 3.95. The van der Waals surface area contributed by atoms with E-state index in [0.717, 1.165) is 45.3 Å². The Hall–Kier alpha value is -0.930. The minimum absolute atomic E-state index is 0.0268. The molecule has 0 aromatic carbocycles. The van der Waals surface area contributed by atoms with Gasteiger partial charge >= 0.3 is 6.09 Å². The summed E-state index contributed by atoms with van der Waals surface area (Å²) in [5.41, 5.74) is 17.5. The lowest BCUT2D eigenvalue weighted by molar-refractivity contribution is 0.0527. The summed E-state index contributed by atoms with van der Waals surface area (Å²) in [5, 5.41) is 11.6. The van der Waals surface area contributed by atoms with E-state index in [2.05, 4.69) is 10.2 Å². The van der Waals surface area contributed by atoms with Crippen molar-refractivity contribution in [2.75, 3.05) is 39.3 Å². The van der Waals surface area contributed by atoms with Crippen molar-refractivity contribution in [3.63, 3.8) is 0 Å². The van der Waals surface area contributed by atoms with E-state index in [9.17, 15) is 4.79 Å². The fourth-order valence-electron chi connectivity index (χ4n) is 2.68. The second-order valence-electron chi connectivity index (χ2n) is 7.86. The third-order valence-electron chi connectivity index (χ3n) is 3.83. The first-order valence-electron chi connectivity index (χ1n) is 9.69. The van der Waals surface area contributed by atoms with E-state index in [1.165, 1.54) is 0 Å². The van der Waals surface area contributed by atoms with Crippen LogP contribution in [0.1, 0.15) is 52.9 Å². The normalized spacial score (nSPS) is 14.3. The SMILES string of the molecule is CC(C)(C)OC(=O)NCCCC[C@H](N)CN(CCN)C[C@@H](N)CCCO. The summed E-state index contributed by atoms with van der Waals surface area (Å²) in [6.07, 6.45) is 3.80. The van der Waals surface area contributed by atoms with Crippen LogP contribution in [0.5, 0.6) is 0 Å². The van der Waals surface area contributed by atoms with Gasteiger partial charge < -0.3 is 32.4 Å². The zero-order chi connectivity index (χ0) is 20.0. The molecular weight excluding hydrogens is 334 g/mol. The van der Waals surface area contributed by atoms with Crippen molar-refractivity contribution in [3.8, 4) is 0 Å². The molecule has 0 aliphatic heterocycles. The molecule has 0 aromatic heterocycles. The summed E-state index contributed by atoms with van der Waals surface area (Å²) in [4.78, 5) is 13.7. The van der Waals surface area contributed by atoms with Crippen LogP contribution >= 0.6 is 0 Å². The summed E-state index contributed by atoms with van der Waals surface area (Å²) in [7, 11) is 0. The Morgan fingerprint density at radius 1 is 1.12 bits per heavy atom. The van der Waals surface area contributed by atoms with Gasteiger partial charge in [0.1, 0.15) is 5.60 Å². The van der Waals surface area contributed by atoms with Gasteiger partial charge in [0, 0.05) is 51.4 Å². The molecule has 0 bridgehead atoms. The topological polar surface area (TPSA) is 140 Å². The maximum atomic E-state index is 11.5. The fourth-order valence-corrected chi connectivity index (χ4v) is 2.68. The number of rotatable bonds is 14. The first kappa shape index (κ1) is 25.1. The number of aliphatic hydroxyl groups excluding tert-OH is 1. The number of nitrogens with two attached hydrogens (primary N) is 3. The van der Waals surface area contributed by atoms with E-state index in [-0.39, 0.29) is 24.8 Å². The number of nitrogens with zero attached hydrogens (tertiary/aromatic N) is 1. The van der Waals surface area contributed by atoms with Gasteiger partial charge in [-0.1, -0.05) is 6.42 Å². The van der Waals surface area contributed by atoms with Crippen LogP contribution < -0.4 is 22.5 Å². The van der Waals surface area contributed by atoms with Crippen LogP contribution in [0.25, 0.3) is 0 Å². The van der Waals surface area contributed by atoms with Crippen LogP contribution in [0.4, 0.5) is 4.79 Å². The van der Waals surface area contributed by atoms with Crippen LogP contribution in [0, 0.1) is 0 Å². The number of hydrogen-bond acceptors (Lipinski definition) is 7. The van der Waals surface area contributed by atoms with Crippen LogP contribution in [0.15, 0.2) is 0 Å². The maximum Gasteiger partial charge on any atom is 0.407 e. The van der Waals surface area contributed by atoms with E-state index in [4.69, 9.17) is 27.0 Å². The summed E-state index contributed by atoms with van der Waals surface area (Å²) in [5.74, 6) is 0. The van der Waals surface area contributed by atoms with Crippen LogP contribution in [0.2, 0.25) is 0 Å². The number of hydrogen-bond donors (Lipinski definition) is 5. The molecule has 1 amide bonds. The van der Waals surface area contributed by atoms with Crippen LogP contribution in [0.3, 0.4) is 0 Å². The maximum absolute atomic E-state index is 11.5. The molecule has 0 fully saturated rings. The number of ether oxygens (including phenoxy) is 1. The summed E-state index contributed by atoms with van der Waals surface area (Å²) >= 11 is 0. The van der Waals surface area contributed by atoms with Crippen molar-refractivity contribution < 1.29 is 14.6 Å². The molecule has 0 spiro atoms. The second-order valence-corrected chi connectivity index (χ2v) is 7.86. The molecule has 0 aliphatic carbocycles. The molecule has 0 aromatic rings. The molecule has 0 saturated carbocycles. The molecule has 0 unspecified atom stereocenters. The minimum atomic E-state index is -0.475. The van der Waals surface area contributed by atoms with Gasteiger partial charge in [-0.3, -0.25) is 4.90 Å². The van der Waals surface area contributed by atoms with Crippen LogP contribution in [-0.2, 0) is 4.74 Å². The number of nitrogens with one attached hydrogen (secondary N) is 1. The molecule has 8 heteroatoms. The molecule has 156 valence electrons. The van der Waals surface area contributed by atoms with Crippen LogP contribution in [-0.4, -0.2) is 73.1 Å². The average Bonchev–Trinajstić information content (AvgIpc) is 2.51. The number of amides is 1. The second kappa shape index (κ2) is 14.2. The largest absolute Gasteiger partial charge is 0.444 e. The van der Waals surface area contributed by atoms with E-state index < -0.39 is 5.60 Å². The third kappa shape index (κ3) is 15.3.